The van der Waals surface area contributed by atoms with Crippen LogP contribution in [0.25, 0.3) is 0 Å². The van der Waals surface area contributed by atoms with Gasteiger partial charge in [0.1, 0.15) is 4.90 Å². The molecule has 0 heterocycles. The second kappa shape index (κ2) is 6.85. The van der Waals surface area contributed by atoms with Crippen molar-refractivity contribution in [1.29, 1.82) is 0 Å². The molecule has 0 radical (unpaired) electrons. The van der Waals surface area contributed by atoms with Crippen molar-refractivity contribution >= 4 is 37.2 Å². The van der Waals surface area contributed by atoms with E-state index in [0.29, 0.717) is 0 Å². The summed E-state index contributed by atoms with van der Waals surface area (Å²) in [5.41, 5.74) is 0.0621. The highest BCUT2D eigenvalue weighted by molar-refractivity contribution is 8.13. The number of carbonyl (C=O) groups is 1. The highest BCUT2D eigenvalue weighted by Gasteiger charge is 2.27. The van der Waals surface area contributed by atoms with Crippen LogP contribution in [0.15, 0.2) is 17.0 Å². The van der Waals surface area contributed by atoms with Gasteiger partial charge in [0.25, 0.3) is 15.0 Å². The number of amides is 1. The standard InChI is InChI=1S/C13H17Cl2NO4S/c1-5-8(2)16(3)13(17)10-6-9(14)7-11(12(10)20-4)21(15,18)19/h6-8H,5H2,1-4H3. The minimum absolute atomic E-state index is 0.0164. The summed E-state index contributed by atoms with van der Waals surface area (Å²) in [5.74, 6) is -0.486. The summed E-state index contributed by atoms with van der Waals surface area (Å²) in [6.07, 6.45) is 0.756. The molecular weight excluding hydrogens is 337 g/mol. The van der Waals surface area contributed by atoms with Crippen LogP contribution >= 0.6 is 22.3 Å². The van der Waals surface area contributed by atoms with Gasteiger partial charge in [0, 0.05) is 28.8 Å². The van der Waals surface area contributed by atoms with Crippen molar-refractivity contribution in [3.8, 4) is 5.75 Å². The Balaban J connectivity index is 3.50. The van der Waals surface area contributed by atoms with Crippen LogP contribution in [0.4, 0.5) is 0 Å². The summed E-state index contributed by atoms with van der Waals surface area (Å²) in [5, 5.41) is 0.0935. The first kappa shape index (κ1) is 18.1. The Bertz CT molecular complexity index is 646. The van der Waals surface area contributed by atoms with Crippen molar-refractivity contribution in [2.45, 2.75) is 31.2 Å². The fraction of sp³-hybridized carbons (Fsp3) is 0.462. The van der Waals surface area contributed by atoms with Gasteiger partial charge in [-0.1, -0.05) is 18.5 Å². The summed E-state index contributed by atoms with van der Waals surface area (Å²) >= 11 is 5.90. The van der Waals surface area contributed by atoms with Crippen molar-refractivity contribution in [1.82, 2.24) is 4.90 Å². The van der Waals surface area contributed by atoms with Crippen molar-refractivity contribution in [3.63, 3.8) is 0 Å². The normalized spacial score (nSPS) is 12.9. The molecule has 8 heteroatoms. The average Bonchev–Trinajstić information content (AvgIpc) is 2.42. The van der Waals surface area contributed by atoms with Gasteiger partial charge in [-0.05, 0) is 25.5 Å². The molecule has 0 spiro atoms. The number of hydrogen-bond donors (Lipinski definition) is 0. The Morgan fingerprint density at radius 2 is 2.00 bits per heavy atom. The maximum atomic E-state index is 12.5. The maximum absolute atomic E-state index is 12.5. The van der Waals surface area contributed by atoms with Gasteiger partial charge in [-0.25, -0.2) is 8.42 Å². The number of halogens is 2. The molecule has 0 aliphatic rings. The summed E-state index contributed by atoms with van der Waals surface area (Å²) in [6, 6.07) is 2.51. The van der Waals surface area contributed by atoms with E-state index < -0.39 is 9.05 Å². The Kier molecular flexibility index (Phi) is 5.90. The maximum Gasteiger partial charge on any atom is 0.265 e. The number of ether oxygens (including phenoxy) is 1. The SMILES string of the molecule is CCC(C)N(C)C(=O)c1cc(Cl)cc(S(=O)(=O)Cl)c1OC. The second-order valence-corrected chi connectivity index (χ2v) is 7.57. The number of carbonyl (C=O) groups excluding carboxylic acids is 1. The predicted octanol–water partition coefficient (Wildman–Crippen LogP) is 3.15. The number of methoxy groups -OCH3 is 1. The monoisotopic (exact) mass is 353 g/mol. The third-order valence-corrected chi connectivity index (χ3v) is 4.83. The third kappa shape index (κ3) is 4.02. The minimum atomic E-state index is -4.08. The molecule has 0 fully saturated rings. The van der Waals surface area contributed by atoms with Crippen LogP contribution in [0.1, 0.15) is 30.6 Å². The largest absolute Gasteiger partial charge is 0.494 e. The molecule has 0 aromatic heterocycles. The van der Waals surface area contributed by atoms with E-state index in [1.807, 2.05) is 13.8 Å². The summed E-state index contributed by atoms with van der Waals surface area (Å²) in [4.78, 5) is 13.7. The molecule has 5 nitrogen and oxygen atoms in total. The molecule has 1 aromatic rings. The molecule has 1 rings (SSSR count). The summed E-state index contributed by atoms with van der Waals surface area (Å²) in [6.45, 7) is 3.83. The molecule has 0 saturated heterocycles. The van der Waals surface area contributed by atoms with Crippen molar-refractivity contribution in [3.05, 3.63) is 22.7 Å². The molecule has 0 aliphatic heterocycles. The van der Waals surface area contributed by atoms with E-state index in [1.165, 1.54) is 18.1 Å². The lowest BCUT2D eigenvalue weighted by molar-refractivity contribution is 0.0736. The minimum Gasteiger partial charge on any atom is -0.494 e. The van der Waals surface area contributed by atoms with Gasteiger partial charge in [0.15, 0.2) is 5.75 Å². The van der Waals surface area contributed by atoms with E-state index in [2.05, 4.69) is 0 Å². The van der Waals surface area contributed by atoms with Crippen LogP contribution in [0.2, 0.25) is 5.02 Å². The van der Waals surface area contributed by atoms with Gasteiger partial charge in [-0.2, -0.15) is 0 Å². The highest BCUT2D eigenvalue weighted by Crippen LogP contribution is 2.34. The molecule has 1 atom stereocenters. The Labute approximate surface area is 134 Å². The van der Waals surface area contributed by atoms with Gasteiger partial charge < -0.3 is 9.64 Å². The lowest BCUT2D eigenvalue weighted by Gasteiger charge is -2.25. The van der Waals surface area contributed by atoms with Gasteiger partial charge >= 0.3 is 0 Å². The molecular formula is C13H17Cl2NO4S. The lowest BCUT2D eigenvalue weighted by Crippen LogP contribution is -2.34. The molecule has 1 amide bonds. The Hall–Kier alpha value is -0.980. The zero-order valence-electron chi connectivity index (χ0n) is 12.2. The van der Waals surface area contributed by atoms with E-state index in [9.17, 15) is 13.2 Å². The van der Waals surface area contributed by atoms with Crippen molar-refractivity contribution in [2.24, 2.45) is 0 Å². The molecule has 1 unspecified atom stereocenters. The molecule has 0 aliphatic carbocycles. The van der Waals surface area contributed by atoms with Crippen LogP contribution in [0, 0.1) is 0 Å². The molecule has 0 N–H and O–H groups in total. The quantitative estimate of drug-likeness (QED) is 0.762. The topological polar surface area (TPSA) is 63.7 Å². The first-order valence-corrected chi connectivity index (χ1v) is 8.91. The smallest absolute Gasteiger partial charge is 0.265 e. The molecule has 118 valence electrons. The zero-order valence-corrected chi connectivity index (χ0v) is 14.5. The molecule has 21 heavy (non-hydrogen) atoms. The highest BCUT2D eigenvalue weighted by atomic mass is 35.7. The van der Waals surface area contributed by atoms with Crippen LogP contribution in [-0.2, 0) is 9.05 Å². The van der Waals surface area contributed by atoms with Crippen molar-refractivity contribution < 1.29 is 17.9 Å². The summed E-state index contributed by atoms with van der Waals surface area (Å²) in [7, 11) is 4.19. The van der Waals surface area contributed by atoms with E-state index in [0.717, 1.165) is 12.5 Å². The number of rotatable bonds is 5. The first-order chi connectivity index (χ1) is 9.63. The zero-order chi connectivity index (χ0) is 16.4. The number of nitrogens with zero attached hydrogens (tertiary/aromatic N) is 1. The molecule has 0 bridgehead atoms. The van der Waals surface area contributed by atoms with Crippen LogP contribution in [0.5, 0.6) is 5.75 Å². The van der Waals surface area contributed by atoms with Crippen molar-refractivity contribution in [2.75, 3.05) is 14.2 Å². The van der Waals surface area contributed by atoms with Crippen LogP contribution < -0.4 is 4.74 Å². The number of hydrogen-bond acceptors (Lipinski definition) is 4. The molecule has 1 aromatic carbocycles. The van der Waals surface area contributed by atoms with E-state index in [-0.39, 0.29) is 33.2 Å². The average molecular weight is 354 g/mol. The summed E-state index contributed by atoms with van der Waals surface area (Å²) < 4.78 is 28.3. The first-order valence-electron chi connectivity index (χ1n) is 6.22. The predicted molar refractivity (Wildman–Crippen MR) is 82.9 cm³/mol. The lowest BCUT2D eigenvalue weighted by atomic mass is 10.1. The second-order valence-electron chi connectivity index (χ2n) is 4.60. The fourth-order valence-electron chi connectivity index (χ4n) is 1.78. The molecule has 0 saturated carbocycles. The van der Waals surface area contributed by atoms with Gasteiger partial charge in [-0.15, -0.1) is 0 Å². The van der Waals surface area contributed by atoms with Crippen LogP contribution in [-0.4, -0.2) is 39.4 Å². The Morgan fingerprint density at radius 1 is 1.43 bits per heavy atom. The van der Waals surface area contributed by atoms with Gasteiger partial charge in [-0.3, -0.25) is 4.79 Å². The van der Waals surface area contributed by atoms with E-state index >= 15 is 0 Å². The van der Waals surface area contributed by atoms with Gasteiger partial charge in [0.2, 0.25) is 0 Å². The fourth-order valence-corrected chi connectivity index (χ4v) is 3.09. The van der Waals surface area contributed by atoms with E-state index in [1.54, 1.807) is 7.05 Å². The van der Waals surface area contributed by atoms with E-state index in [4.69, 9.17) is 27.0 Å². The Morgan fingerprint density at radius 3 is 2.43 bits per heavy atom. The van der Waals surface area contributed by atoms with Gasteiger partial charge in [0.05, 0.1) is 12.7 Å². The third-order valence-electron chi connectivity index (χ3n) is 3.29. The van der Waals surface area contributed by atoms with Crippen LogP contribution in [0.3, 0.4) is 0 Å². The number of benzene rings is 1.